The third-order valence-electron chi connectivity index (χ3n) is 3.16. The van der Waals surface area contributed by atoms with Crippen molar-refractivity contribution in [3.8, 4) is 0 Å². The summed E-state index contributed by atoms with van der Waals surface area (Å²) in [6, 6.07) is 7.34. The summed E-state index contributed by atoms with van der Waals surface area (Å²) in [4.78, 5) is 26.7. The summed E-state index contributed by atoms with van der Waals surface area (Å²) in [6.07, 6.45) is 3.56. The van der Waals surface area contributed by atoms with E-state index >= 15 is 0 Å². The van der Waals surface area contributed by atoms with Crippen molar-refractivity contribution in [3.63, 3.8) is 0 Å². The molecule has 102 valence electrons. The smallest absolute Gasteiger partial charge is 0.250 e. The van der Waals surface area contributed by atoms with E-state index in [4.69, 9.17) is 0 Å². The Labute approximate surface area is 117 Å². The highest BCUT2D eigenvalue weighted by Crippen LogP contribution is 2.22. The molecule has 1 aromatic carbocycles. The van der Waals surface area contributed by atoms with Gasteiger partial charge in [-0.1, -0.05) is 13.3 Å². The number of benzene rings is 1. The molecule has 1 aromatic rings. The number of anilines is 1. The summed E-state index contributed by atoms with van der Waals surface area (Å²) in [5.41, 5.74) is 0.791. The quantitative estimate of drug-likeness (QED) is 0.857. The molecule has 0 spiro atoms. The van der Waals surface area contributed by atoms with E-state index in [1.165, 1.54) is 0 Å². The van der Waals surface area contributed by atoms with E-state index in [0.717, 1.165) is 17.0 Å². The van der Waals surface area contributed by atoms with E-state index in [-0.39, 0.29) is 24.4 Å². The molecule has 19 heavy (non-hydrogen) atoms. The number of nitrogens with zero attached hydrogens (tertiary/aromatic N) is 1. The van der Waals surface area contributed by atoms with Crippen LogP contribution in [0.1, 0.15) is 19.8 Å². The number of nitrogens with one attached hydrogen (secondary N) is 1. The molecule has 1 aliphatic rings. The van der Waals surface area contributed by atoms with Crippen molar-refractivity contribution >= 4 is 29.3 Å². The van der Waals surface area contributed by atoms with Gasteiger partial charge in [0.05, 0.1) is 0 Å². The van der Waals surface area contributed by atoms with Crippen molar-refractivity contribution in [1.29, 1.82) is 0 Å². The Morgan fingerprint density at radius 2 is 2.00 bits per heavy atom. The first-order valence-electron chi connectivity index (χ1n) is 6.40. The molecule has 0 radical (unpaired) electrons. The monoisotopic (exact) mass is 278 g/mol. The zero-order chi connectivity index (χ0) is 13.8. The Morgan fingerprint density at radius 1 is 1.32 bits per heavy atom. The van der Waals surface area contributed by atoms with Gasteiger partial charge in [0.2, 0.25) is 11.8 Å². The fourth-order valence-electron chi connectivity index (χ4n) is 2.18. The summed E-state index contributed by atoms with van der Waals surface area (Å²) in [5, 5.41) is 2.76. The summed E-state index contributed by atoms with van der Waals surface area (Å²) in [7, 11) is 0. The Bertz CT molecular complexity index is 473. The largest absolute Gasteiger partial charge is 0.343 e. The number of thioether (sulfide) groups is 1. The highest BCUT2D eigenvalue weighted by Gasteiger charge is 2.32. The van der Waals surface area contributed by atoms with Gasteiger partial charge in [0, 0.05) is 10.6 Å². The molecular formula is C14H18N2O2S. The average molecular weight is 278 g/mol. The van der Waals surface area contributed by atoms with Crippen LogP contribution in [0.4, 0.5) is 5.69 Å². The Balaban J connectivity index is 2.21. The number of carbonyl (C=O) groups excluding carboxylic acids is 2. The molecule has 0 aromatic heterocycles. The number of piperazine rings is 1. The molecule has 5 heteroatoms. The summed E-state index contributed by atoms with van der Waals surface area (Å²) in [6.45, 7) is 2.11. The van der Waals surface area contributed by atoms with E-state index in [2.05, 4.69) is 5.32 Å². The van der Waals surface area contributed by atoms with Crippen LogP contribution in [-0.2, 0) is 9.59 Å². The third kappa shape index (κ3) is 3.10. The standard InChI is InChI=1S/C14H18N2O2S/c1-3-4-12-14(18)16(9-13(17)15-12)10-5-7-11(19-2)8-6-10/h5-8,12H,3-4,9H2,1-2H3,(H,15,17). The van der Waals surface area contributed by atoms with Crippen molar-refractivity contribution in [2.24, 2.45) is 0 Å². The lowest BCUT2D eigenvalue weighted by Gasteiger charge is -2.32. The van der Waals surface area contributed by atoms with Gasteiger partial charge in [0.15, 0.2) is 0 Å². The van der Waals surface area contributed by atoms with Gasteiger partial charge in [0.25, 0.3) is 0 Å². The van der Waals surface area contributed by atoms with Gasteiger partial charge < -0.3 is 10.2 Å². The normalized spacial score (nSPS) is 19.5. The molecule has 2 rings (SSSR count). The van der Waals surface area contributed by atoms with Crippen LogP contribution >= 0.6 is 11.8 Å². The van der Waals surface area contributed by atoms with Gasteiger partial charge in [-0.2, -0.15) is 0 Å². The second kappa shape index (κ2) is 6.10. The SMILES string of the molecule is CCCC1NC(=O)CN(c2ccc(SC)cc2)C1=O. The van der Waals surface area contributed by atoms with E-state index in [1.807, 2.05) is 37.4 Å². The van der Waals surface area contributed by atoms with E-state index < -0.39 is 0 Å². The van der Waals surface area contributed by atoms with Gasteiger partial charge in [-0.3, -0.25) is 9.59 Å². The van der Waals surface area contributed by atoms with Gasteiger partial charge in [-0.25, -0.2) is 0 Å². The van der Waals surface area contributed by atoms with Crippen molar-refractivity contribution < 1.29 is 9.59 Å². The number of hydrogen-bond acceptors (Lipinski definition) is 3. The van der Waals surface area contributed by atoms with Crippen molar-refractivity contribution in [2.45, 2.75) is 30.7 Å². The molecule has 2 amide bonds. The van der Waals surface area contributed by atoms with Crippen LogP contribution in [0.2, 0.25) is 0 Å². The van der Waals surface area contributed by atoms with Crippen LogP contribution in [0.5, 0.6) is 0 Å². The molecule has 0 saturated carbocycles. The van der Waals surface area contributed by atoms with Crippen LogP contribution in [-0.4, -0.2) is 30.7 Å². The summed E-state index contributed by atoms with van der Waals surface area (Å²) < 4.78 is 0. The van der Waals surface area contributed by atoms with Gasteiger partial charge in [0.1, 0.15) is 12.6 Å². The Kier molecular flexibility index (Phi) is 4.47. The maximum atomic E-state index is 12.3. The van der Waals surface area contributed by atoms with Gasteiger partial charge >= 0.3 is 0 Å². The van der Waals surface area contributed by atoms with Crippen LogP contribution in [0.25, 0.3) is 0 Å². The third-order valence-corrected chi connectivity index (χ3v) is 3.91. The number of amides is 2. The average Bonchev–Trinajstić information content (AvgIpc) is 2.43. The van der Waals surface area contributed by atoms with E-state index in [9.17, 15) is 9.59 Å². The highest BCUT2D eigenvalue weighted by molar-refractivity contribution is 7.98. The second-order valence-electron chi connectivity index (χ2n) is 4.53. The molecule has 1 unspecified atom stereocenters. The first-order chi connectivity index (χ1) is 9.15. The first kappa shape index (κ1) is 13.9. The van der Waals surface area contributed by atoms with Gasteiger partial charge in [-0.05, 0) is 36.9 Å². The molecule has 1 aliphatic heterocycles. The zero-order valence-corrected chi connectivity index (χ0v) is 12.0. The maximum Gasteiger partial charge on any atom is 0.250 e. The fraction of sp³-hybridized carbons (Fsp3) is 0.429. The molecule has 0 bridgehead atoms. The Hall–Kier alpha value is -1.49. The predicted octanol–water partition coefficient (Wildman–Crippen LogP) is 2.04. The highest BCUT2D eigenvalue weighted by atomic mass is 32.2. The van der Waals surface area contributed by atoms with E-state index in [0.29, 0.717) is 6.42 Å². The lowest BCUT2D eigenvalue weighted by Crippen LogP contribution is -2.58. The van der Waals surface area contributed by atoms with Crippen LogP contribution in [0, 0.1) is 0 Å². The maximum absolute atomic E-state index is 12.3. The lowest BCUT2D eigenvalue weighted by atomic mass is 10.1. The molecule has 1 N–H and O–H groups in total. The molecule has 0 aliphatic carbocycles. The topological polar surface area (TPSA) is 49.4 Å². The lowest BCUT2D eigenvalue weighted by molar-refractivity contribution is -0.131. The minimum absolute atomic E-state index is 0.0154. The first-order valence-corrected chi connectivity index (χ1v) is 7.63. The molecule has 4 nitrogen and oxygen atoms in total. The zero-order valence-electron chi connectivity index (χ0n) is 11.2. The molecule has 1 heterocycles. The number of carbonyl (C=O) groups is 2. The summed E-state index contributed by atoms with van der Waals surface area (Å²) >= 11 is 1.65. The van der Waals surface area contributed by atoms with Crippen LogP contribution < -0.4 is 10.2 Å². The van der Waals surface area contributed by atoms with Crippen molar-refractivity contribution in [2.75, 3.05) is 17.7 Å². The van der Waals surface area contributed by atoms with Crippen LogP contribution in [0.15, 0.2) is 29.2 Å². The molecule has 1 fully saturated rings. The van der Waals surface area contributed by atoms with Crippen molar-refractivity contribution in [1.82, 2.24) is 5.32 Å². The summed E-state index contributed by atoms with van der Waals surface area (Å²) in [5.74, 6) is -0.106. The van der Waals surface area contributed by atoms with E-state index in [1.54, 1.807) is 16.7 Å². The van der Waals surface area contributed by atoms with Gasteiger partial charge in [-0.15, -0.1) is 11.8 Å². The van der Waals surface area contributed by atoms with Crippen LogP contribution in [0.3, 0.4) is 0 Å². The minimum atomic E-state index is -0.383. The van der Waals surface area contributed by atoms with Crippen molar-refractivity contribution in [3.05, 3.63) is 24.3 Å². The predicted molar refractivity (Wildman–Crippen MR) is 77.4 cm³/mol. The Morgan fingerprint density at radius 3 is 2.58 bits per heavy atom. The molecular weight excluding hydrogens is 260 g/mol. The minimum Gasteiger partial charge on any atom is -0.343 e. The molecule has 1 atom stereocenters. The number of hydrogen-bond donors (Lipinski definition) is 1. The fourth-order valence-corrected chi connectivity index (χ4v) is 2.58. The molecule has 1 saturated heterocycles. The second-order valence-corrected chi connectivity index (χ2v) is 5.41. The number of rotatable bonds is 4.